The van der Waals surface area contributed by atoms with Gasteiger partial charge >= 0.3 is 0 Å². The van der Waals surface area contributed by atoms with Gasteiger partial charge in [0.15, 0.2) is 0 Å². The van der Waals surface area contributed by atoms with Crippen LogP contribution in [-0.2, 0) is 11.3 Å². The summed E-state index contributed by atoms with van der Waals surface area (Å²) in [6, 6.07) is 4.88. The SMILES string of the molecule is CCCCOCc1ccc(S)cc1F. The van der Waals surface area contributed by atoms with Gasteiger partial charge in [-0.15, -0.1) is 12.6 Å². The van der Waals surface area contributed by atoms with Crippen molar-refractivity contribution in [3.63, 3.8) is 0 Å². The van der Waals surface area contributed by atoms with Crippen LogP contribution in [0.1, 0.15) is 25.3 Å². The molecule has 0 saturated heterocycles. The molecule has 1 aromatic carbocycles. The van der Waals surface area contributed by atoms with Gasteiger partial charge in [-0.1, -0.05) is 19.4 Å². The molecule has 0 aliphatic carbocycles. The summed E-state index contributed by atoms with van der Waals surface area (Å²) in [5, 5.41) is 0. The lowest BCUT2D eigenvalue weighted by molar-refractivity contribution is 0.115. The molecule has 1 aromatic rings. The van der Waals surface area contributed by atoms with Gasteiger partial charge in [0.1, 0.15) is 5.82 Å². The van der Waals surface area contributed by atoms with Crippen molar-refractivity contribution in [3.8, 4) is 0 Å². The van der Waals surface area contributed by atoms with E-state index in [1.165, 1.54) is 6.07 Å². The summed E-state index contributed by atoms with van der Waals surface area (Å²) in [6.45, 7) is 3.14. The Kier molecular flexibility index (Phi) is 4.98. The molecule has 3 heteroatoms. The molecular weight excluding hydrogens is 199 g/mol. The van der Waals surface area contributed by atoms with Gasteiger partial charge in [0, 0.05) is 17.1 Å². The van der Waals surface area contributed by atoms with E-state index >= 15 is 0 Å². The Labute approximate surface area is 89.7 Å². The molecule has 0 bridgehead atoms. The van der Waals surface area contributed by atoms with Gasteiger partial charge in [-0.05, 0) is 18.6 Å². The Morgan fingerprint density at radius 1 is 1.43 bits per heavy atom. The van der Waals surface area contributed by atoms with E-state index in [2.05, 4.69) is 19.6 Å². The first kappa shape index (κ1) is 11.5. The average Bonchev–Trinajstić information content (AvgIpc) is 2.15. The molecule has 0 aliphatic rings. The fourth-order valence-corrected chi connectivity index (χ4v) is 1.27. The first-order valence-electron chi connectivity index (χ1n) is 4.79. The summed E-state index contributed by atoms with van der Waals surface area (Å²) in [7, 11) is 0. The Balaban J connectivity index is 2.42. The summed E-state index contributed by atoms with van der Waals surface area (Å²) in [5.74, 6) is -0.242. The predicted octanol–water partition coefficient (Wildman–Crippen LogP) is 3.43. The number of hydrogen-bond acceptors (Lipinski definition) is 2. The lowest BCUT2D eigenvalue weighted by atomic mass is 10.2. The Morgan fingerprint density at radius 2 is 2.21 bits per heavy atom. The quantitative estimate of drug-likeness (QED) is 0.583. The number of thiol groups is 1. The van der Waals surface area contributed by atoms with Crippen molar-refractivity contribution in [2.45, 2.75) is 31.3 Å². The van der Waals surface area contributed by atoms with Gasteiger partial charge in [0.05, 0.1) is 6.61 Å². The molecule has 0 fully saturated rings. The van der Waals surface area contributed by atoms with Crippen molar-refractivity contribution in [1.29, 1.82) is 0 Å². The van der Waals surface area contributed by atoms with Crippen LogP contribution in [0.25, 0.3) is 0 Å². The summed E-state index contributed by atoms with van der Waals surface area (Å²) in [4.78, 5) is 0.639. The minimum atomic E-state index is -0.242. The Bertz CT molecular complexity index is 289. The molecule has 0 spiro atoms. The molecular formula is C11H15FOS. The van der Waals surface area contributed by atoms with Crippen molar-refractivity contribution < 1.29 is 9.13 Å². The molecule has 0 saturated carbocycles. The maximum atomic E-state index is 13.2. The summed E-state index contributed by atoms with van der Waals surface area (Å²) in [5.41, 5.74) is 0.596. The highest BCUT2D eigenvalue weighted by Crippen LogP contribution is 2.14. The summed E-state index contributed by atoms with van der Waals surface area (Å²) in [6.07, 6.45) is 2.12. The van der Waals surface area contributed by atoms with E-state index in [0.717, 1.165) is 12.8 Å². The highest BCUT2D eigenvalue weighted by Gasteiger charge is 2.01. The number of unbranched alkanes of at least 4 members (excludes halogenated alkanes) is 1. The third-order valence-corrected chi connectivity index (χ3v) is 2.21. The van der Waals surface area contributed by atoms with Gasteiger partial charge in [0.25, 0.3) is 0 Å². The summed E-state index contributed by atoms with van der Waals surface area (Å²) < 4.78 is 18.5. The smallest absolute Gasteiger partial charge is 0.129 e. The van der Waals surface area contributed by atoms with E-state index in [0.29, 0.717) is 23.7 Å². The molecule has 0 heterocycles. The van der Waals surface area contributed by atoms with E-state index in [1.54, 1.807) is 12.1 Å². The number of rotatable bonds is 5. The van der Waals surface area contributed by atoms with E-state index in [-0.39, 0.29) is 5.82 Å². The molecule has 0 unspecified atom stereocenters. The van der Waals surface area contributed by atoms with Crippen LogP contribution < -0.4 is 0 Å². The largest absolute Gasteiger partial charge is 0.377 e. The first-order chi connectivity index (χ1) is 6.74. The second-order valence-corrected chi connectivity index (χ2v) is 3.70. The molecule has 14 heavy (non-hydrogen) atoms. The second-order valence-electron chi connectivity index (χ2n) is 3.18. The van der Waals surface area contributed by atoms with Crippen LogP contribution in [0.3, 0.4) is 0 Å². The number of halogens is 1. The van der Waals surface area contributed by atoms with Crippen LogP contribution in [0.5, 0.6) is 0 Å². The molecule has 1 nitrogen and oxygen atoms in total. The Morgan fingerprint density at radius 3 is 2.86 bits per heavy atom. The van der Waals surface area contributed by atoms with Crippen LogP contribution in [-0.4, -0.2) is 6.61 Å². The maximum absolute atomic E-state index is 13.2. The van der Waals surface area contributed by atoms with Crippen LogP contribution in [0.15, 0.2) is 23.1 Å². The molecule has 0 atom stereocenters. The van der Waals surface area contributed by atoms with Gasteiger partial charge < -0.3 is 4.74 Å². The first-order valence-corrected chi connectivity index (χ1v) is 5.24. The molecule has 78 valence electrons. The zero-order valence-electron chi connectivity index (χ0n) is 8.29. The number of hydrogen-bond donors (Lipinski definition) is 1. The zero-order valence-corrected chi connectivity index (χ0v) is 9.19. The van der Waals surface area contributed by atoms with Crippen LogP contribution >= 0.6 is 12.6 Å². The topological polar surface area (TPSA) is 9.23 Å². The van der Waals surface area contributed by atoms with Crippen LogP contribution in [0.4, 0.5) is 4.39 Å². The lowest BCUT2D eigenvalue weighted by Gasteiger charge is -2.05. The fourth-order valence-electron chi connectivity index (χ4n) is 1.08. The molecule has 0 aliphatic heterocycles. The second kappa shape index (κ2) is 6.04. The van der Waals surface area contributed by atoms with Gasteiger partial charge in [-0.25, -0.2) is 4.39 Å². The van der Waals surface area contributed by atoms with E-state index in [4.69, 9.17) is 4.74 Å². The van der Waals surface area contributed by atoms with Crippen LogP contribution in [0.2, 0.25) is 0 Å². The lowest BCUT2D eigenvalue weighted by Crippen LogP contribution is -1.97. The van der Waals surface area contributed by atoms with Gasteiger partial charge in [0.2, 0.25) is 0 Å². The third kappa shape index (κ3) is 3.68. The maximum Gasteiger partial charge on any atom is 0.129 e. The molecule has 1 rings (SSSR count). The van der Waals surface area contributed by atoms with Crippen molar-refractivity contribution >= 4 is 12.6 Å². The minimum Gasteiger partial charge on any atom is -0.377 e. The van der Waals surface area contributed by atoms with E-state index in [1.807, 2.05) is 0 Å². The molecule has 0 amide bonds. The highest BCUT2D eigenvalue weighted by atomic mass is 32.1. The average molecular weight is 214 g/mol. The van der Waals surface area contributed by atoms with Crippen molar-refractivity contribution in [1.82, 2.24) is 0 Å². The normalized spacial score (nSPS) is 10.5. The monoisotopic (exact) mass is 214 g/mol. The van der Waals surface area contributed by atoms with Gasteiger partial charge in [-0.3, -0.25) is 0 Å². The van der Waals surface area contributed by atoms with E-state index < -0.39 is 0 Å². The van der Waals surface area contributed by atoms with Crippen LogP contribution in [0, 0.1) is 5.82 Å². The van der Waals surface area contributed by atoms with E-state index in [9.17, 15) is 4.39 Å². The molecule has 0 N–H and O–H groups in total. The third-order valence-electron chi connectivity index (χ3n) is 1.94. The molecule has 0 aromatic heterocycles. The van der Waals surface area contributed by atoms with Crippen molar-refractivity contribution in [3.05, 3.63) is 29.6 Å². The zero-order chi connectivity index (χ0) is 10.4. The number of ether oxygens (including phenoxy) is 1. The standard InChI is InChI=1S/C11H15FOS/c1-2-3-6-13-8-9-4-5-10(14)7-11(9)12/h4-5,7,14H,2-3,6,8H2,1H3. The van der Waals surface area contributed by atoms with Crippen molar-refractivity contribution in [2.75, 3.05) is 6.61 Å². The number of benzene rings is 1. The fraction of sp³-hybridized carbons (Fsp3) is 0.455. The highest BCUT2D eigenvalue weighted by molar-refractivity contribution is 7.80. The summed E-state index contributed by atoms with van der Waals surface area (Å²) >= 11 is 4.05. The Hall–Kier alpha value is -0.540. The molecule has 0 radical (unpaired) electrons. The van der Waals surface area contributed by atoms with Crippen molar-refractivity contribution in [2.24, 2.45) is 0 Å². The van der Waals surface area contributed by atoms with Gasteiger partial charge in [-0.2, -0.15) is 0 Å². The minimum absolute atomic E-state index is 0.242. The predicted molar refractivity (Wildman–Crippen MR) is 58.2 cm³/mol.